The third kappa shape index (κ3) is 4.37. The van der Waals surface area contributed by atoms with Crippen LogP contribution in [0.15, 0.2) is 53.4 Å². The average molecular weight is 359 g/mol. The highest BCUT2D eigenvalue weighted by Crippen LogP contribution is 2.17. The molecular weight excluding hydrogens is 338 g/mol. The van der Waals surface area contributed by atoms with Crippen LogP contribution in [0.2, 0.25) is 0 Å². The Kier molecular flexibility index (Phi) is 5.06. The largest absolute Gasteiger partial charge is 0.348 e. The minimum absolute atomic E-state index is 0.118. The van der Waals surface area contributed by atoms with Crippen molar-refractivity contribution in [2.24, 2.45) is 0 Å². The molecule has 1 heterocycles. The van der Waals surface area contributed by atoms with E-state index >= 15 is 0 Å². The summed E-state index contributed by atoms with van der Waals surface area (Å²) < 4.78 is 27.4. The third-order valence-electron chi connectivity index (χ3n) is 4.13. The molecule has 132 valence electrons. The lowest BCUT2D eigenvalue weighted by Crippen LogP contribution is -2.36. The number of anilines is 1. The molecule has 7 heteroatoms. The van der Waals surface area contributed by atoms with E-state index in [1.165, 1.54) is 24.3 Å². The number of benzene rings is 2. The average Bonchev–Trinajstić information content (AvgIpc) is 3.10. The van der Waals surface area contributed by atoms with Gasteiger partial charge in [0, 0.05) is 23.8 Å². The van der Waals surface area contributed by atoms with Crippen LogP contribution in [0.3, 0.4) is 0 Å². The molecule has 1 atom stereocenters. The molecule has 2 aromatic carbocycles. The summed E-state index contributed by atoms with van der Waals surface area (Å²) in [6, 6.07) is 13.2. The van der Waals surface area contributed by atoms with Gasteiger partial charge >= 0.3 is 0 Å². The zero-order valence-electron chi connectivity index (χ0n) is 14.0. The Balaban J connectivity index is 1.69. The zero-order valence-corrected chi connectivity index (χ0v) is 14.8. The Hall–Kier alpha value is -2.38. The van der Waals surface area contributed by atoms with Gasteiger partial charge in [0.2, 0.25) is 0 Å². The Bertz CT molecular complexity index is 840. The summed E-state index contributed by atoms with van der Waals surface area (Å²) in [5, 5.41) is 6.11. The molecule has 1 saturated heterocycles. The molecule has 25 heavy (non-hydrogen) atoms. The SMILES string of the molecule is Cc1ccc(NS(=O)(=O)c2ccc(C(=O)NC3CCNC3)cc2)cc1. The van der Waals surface area contributed by atoms with Gasteiger partial charge in [-0.1, -0.05) is 17.7 Å². The molecule has 0 radical (unpaired) electrons. The molecule has 6 nitrogen and oxygen atoms in total. The number of aryl methyl sites for hydroxylation is 1. The van der Waals surface area contributed by atoms with Gasteiger partial charge in [0.1, 0.15) is 0 Å². The van der Waals surface area contributed by atoms with Crippen molar-refractivity contribution in [2.75, 3.05) is 17.8 Å². The van der Waals surface area contributed by atoms with Crippen molar-refractivity contribution in [1.29, 1.82) is 0 Å². The number of nitrogens with one attached hydrogen (secondary N) is 3. The second kappa shape index (κ2) is 7.25. The molecule has 1 aliphatic rings. The van der Waals surface area contributed by atoms with Crippen LogP contribution >= 0.6 is 0 Å². The lowest BCUT2D eigenvalue weighted by atomic mass is 10.2. The molecule has 0 spiro atoms. The smallest absolute Gasteiger partial charge is 0.261 e. The van der Waals surface area contributed by atoms with Crippen molar-refractivity contribution < 1.29 is 13.2 Å². The molecular formula is C18H21N3O3S. The van der Waals surface area contributed by atoms with Crippen molar-refractivity contribution in [3.63, 3.8) is 0 Å². The summed E-state index contributed by atoms with van der Waals surface area (Å²) in [6.07, 6.45) is 0.901. The van der Waals surface area contributed by atoms with E-state index in [1.807, 2.05) is 19.1 Å². The highest BCUT2D eigenvalue weighted by molar-refractivity contribution is 7.92. The second-order valence-electron chi connectivity index (χ2n) is 6.16. The maximum Gasteiger partial charge on any atom is 0.261 e. The lowest BCUT2D eigenvalue weighted by molar-refractivity contribution is 0.0940. The summed E-state index contributed by atoms with van der Waals surface area (Å²) in [5.74, 6) is -0.191. The van der Waals surface area contributed by atoms with Crippen molar-refractivity contribution in [2.45, 2.75) is 24.3 Å². The molecule has 0 aliphatic carbocycles. The molecule has 2 aromatic rings. The first-order valence-corrected chi connectivity index (χ1v) is 9.63. The summed E-state index contributed by atoms with van der Waals surface area (Å²) in [4.78, 5) is 12.3. The van der Waals surface area contributed by atoms with E-state index in [0.29, 0.717) is 11.3 Å². The highest BCUT2D eigenvalue weighted by atomic mass is 32.2. The second-order valence-corrected chi connectivity index (χ2v) is 7.84. The van der Waals surface area contributed by atoms with Crippen molar-refractivity contribution in [3.8, 4) is 0 Å². The van der Waals surface area contributed by atoms with E-state index in [9.17, 15) is 13.2 Å². The summed E-state index contributed by atoms with van der Waals surface area (Å²) in [6.45, 7) is 3.59. The van der Waals surface area contributed by atoms with Crippen LogP contribution in [0.1, 0.15) is 22.3 Å². The van der Waals surface area contributed by atoms with E-state index in [4.69, 9.17) is 0 Å². The minimum atomic E-state index is -3.68. The lowest BCUT2D eigenvalue weighted by Gasteiger charge is -2.12. The van der Waals surface area contributed by atoms with Gasteiger partial charge in [-0.15, -0.1) is 0 Å². The first-order valence-electron chi connectivity index (χ1n) is 8.15. The molecule has 3 N–H and O–H groups in total. The van der Waals surface area contributed by atoms with E-state index in [0.717, 1.165) is 25.1 Å². The van der Waals surface area contributed by atoms with Crippen LogP contribution in [-0.2, 0) is 10.0 Å². The van der Waals surface area contributed by atoms with Gasteiger partial charge in [-0.25, -0.2) is 8.42 Å². The summed E-state index contributed by atoms with van der Waals surface area (Å²) in [5.41, 5.74) is 2.00. The topological polar surface area (TPSA) is 87.3 Å². The first-order chi connectivity index (χ1) is 11.9. The maximum atomic E-state index is 12.4. The summed E-state index contributed by atoms with van der Waals surface area (Å²) >= 11 is 0. The number of rotatable bonds is 5. The van der Waals surface area contributed by atoms with E-state index < -0.39 is 10.0 Å². The molecule has 1 amide bonds. The fourth-order valence-corrected chi connectivity index (χ4v) is 3.73. The number of amides is 1. The van der Waals surface area contributed by atoms with E-state index in [2.05, 4.69) is 15.4 Å². The molecule has 3 rings (SSSR count). The molecule has 0 aromatic heterocycles. The number of sulfonamides is 1. The fraction of sp³-hybridized carbons (Fsp3) is 0.278. The Morgan fingerprint density at radius 3 is 2.36 bits per heavy atom. The van der Waals surface area contributed by atoms with E-state index in [-0.39, 0.29) is 16.8 Å². The Labute approximate surface area is 147 Å². The van der Waals surface area contributed by atoms with Gasteiger partial charge in [-0.2, -0.15) is 0 Å². The molecule has 1 aliphatic heterocycles. The zero-order chi connectivity index (χ0) is 17.9. The summed E-state index contributed by atoms with van der Waals surface area (Å²) in [7, 11) is -3.68. The van der Waals surface area contributed by atoms with Gasteiger partial charge in [-0.05, 0) is 56.3 Å². The number of hydrogen-bond donors (Lipinski definition) is 3. The van der Waals surface area contributed by atoms with Gasteiger partial charge in [0.05, 0.1) is 4.90 Å². The van der Waals surface area contributed by atoms with Crippen molar-refractivity contribution in [3.05, 3.63) is 59.7 Å². The predicted molar refractivity (Wildman–Crippen MR) is 97.2 cm³/mol. The number of carbonyl (C=O) groups excluding carboxylic acids is 1. The number of carbonyl (C=O) groups is 1. The maximum absolute atomic E-state index is 12.4. The molecule has 0 bridgehead atoms. The van der Waals surface area contributed by atoms with Gasteiger partial charge < -0.3 is 10.6 Å². The third-order valence-corrected chi connectivity index (χ3v) is 5.52. The first kappa shape index (κ1) is 17.4. The van der Waals surface area contributed by atoms with E-state index in [1.54, 1.807) is 12.1 Å². The molecule has 0 saturated carbocycles. The number of hydrogen-bond acceptors (Lipinski definition) is 4. The Morgan fingerprint density at radius 2 is 1.76 bits per heavy atom. The van der Waals surface area contributed by atoms with Crippen LogP contribution in [0.5, 0.6) is 0 Å². The van der Waals surface area contributed by atoms with Crippen LogP contribution in [0.4, 0.5) is 5.69 Å². The van der Waals surface area contributed by atoms with Crippen LogP contribution in [0.25, 0.3) is 0 Å². The van der Waals surface area contributed by atoms with Crippen LogP contribution in [0, 0.1) is 6.92 Å². The van der Waals surface area contributed by atoms with Crippen LogP contribution < -0.4 is 15.4 Å². The monoisotopic (exact) mass is 359 g/mol. The molecule has 1 fully saturated rings. The standard InChI is InChI=1S/C18H21N3O3S/c1-13-2-6-15(7-3-13)21-25(23,24)17-8-4-14(5-9-17)18(22)20-16-10-11-19-12-16/h2-9,16,19,21H,10-12H2,1H3,(H,20,22). The van der Waals surface area contributed by atoms with Crippen molar-refractivity contribution in [1.82, 2.24) is 10.6 Å². The van der Waals surface area contributed by atoms with Gasteiger partial charge in [-0.3, -0.25) is 9.52 Å². The highest BCUT2D eigenvalue weighted by Gasteiger charge is 2.19. The van der Waals surface area contributed by atoms with Gasteiger partial charge in [0.25, 0.3) is 15.9 Å². The fourth-order valence-electron chi connectivity index (χ4n) is 2.67. The normalized spacial score (nSPS) is 17.2. The van der Waals surface area contributed by atoms with Gasteiger partial charge in [0.15, 0.2) is 0 Å². The Morgan fingerprint density at radius 1 is 1.08 bits per heavy atom. The molecule has 1 unspecified atom stereocenters. The minimum Gasteiger partial charge on any atom is -0.348 e. The quantitative estimate of drug-likeness (QED) is 0.761. The predicted octanol–water partition coefficient (Wildman–Crippen LogP) is 1.89. The van der Waals surface area contributed by atoms with Crippen molar-refractivity contribution >= 4 is 21.6 Å². The van der Waals surface area contributed by atoms with Crippen LogP contribution in [-0.4, -0.2) is 33.5 Å².